The SMILES string of the molecule is O=C(O)CCC(CC1CCCCC1)NC(=O)c1n[nH]c(=O)c2ccccc12. The van der Waals surface area contributed by atoms with Gasteiger partial charge in [0.1, 0.15) is 0 Å². The zero-order chi connectivity index (χ0) is 19.2. The van der Waals surface area contributed by atoms with Gasteiger partial charge in [-0.1, -0.05) is 50.3 Å². The van der Waals surface area contributed by atoms with Crippen molar-refractivity contribution in [2.45, 2.75) is 57.4 Å². The van der Waals surface area contributed by atoms with Crippen molar-refractivity contribution >= 4 is 22.6 Å². The Hall–Kier alpha value is -2.70. The van der Waals surface area contributed by atoms with E-state index in [1.54, 1.807) is 24.3 Å². The van der Waals surface area contributed by atoms with Crippen LogP contribution in [0.25, 0.3) is 10.8 Å². The highest BCUT2D eigenvalue weighted by Crippen LogP contribution is 2.28. The monoisotopic (exact) mass is 371 g/mol. The lowest BCUT2D eigenvalue weighted by Gasteiger charge is -2.27. The van der Waals surface area contributed by atoms with E-state index in [4.69, 9.17) is 5.11 Å². The third kappa shape index (κ3) is 4.93. The highest BCUT2D eigenvalue weighted by molar-refractivity contribution is 6.04. The zero-order valence-corrected chi connectivity index (χ0v) is 15.2. The maximum atomic E-state index is 12.8. The smallest absolute Gasteiger partial charge is 0.303 e. The van der Waals surface area contributed by atoms with Crippen LogP contribution < -0.4 is 10.9 Å². The van der Waals surface area contributed by atoms with Gasteiger partial charge in [0.05, 0.1) is 5.39 Å². The summed E-state index contributed by atoms with van der Waals surface area (Å²) in [5, 5.41) is 19.2. The molecular formula is C20H25N3O4. The van der Waals surface area contributed by atoms with Crippen LogP contribution in [0.15, 0.2) is 29.1 Å². The lowest BCUT2D eigenvalue weighted by molar-refractivity contribution is -0.137. The van der Waals surface area contributed by atoms with E-state index in [0.29, 0.717) is 23.1 Å². The van der Waals surface area contributed by atoms with Gasteiger partial charge in [-0.15, -0.1) is 0 Å². The molecule has 0 saturated heterocycles. The molecule has 1 aliphatic carbocycles. The first-order valence-electron chi connectivity index (χ1n) is 9.54. The third-order valence-electron chi connectivity index (χ3n) is 5.30. The fourth-order valence-electron chi connectivity index (χ4n) is 3.91. The van der Waals surface area contributed by atoms with Crippen LogP contribution in [0, 0.1) is 5.92 Å². The van der Waals surface area contributed by atoms with Crippen LogP contribution in [0.3, 0.4) is 0 Å². The lowest BCUT2D eigenvalue weighted by atomic mass is 9.84. The van der Waals surface area contributed by atoms with Crippen LogP contribution in [0.4, 0.5) is 0 Å². The Balaban J connectivity index is 1.78. The Morgan fingerprint density at radius 1 is 1.19 bits per heavy atom. The molecule has 1 aromatic carbocycles. The van der Waals surface area contributed by atoms with Crippen molar-refractivity contribution in [3.63, 3.8) is 0 Å². The van der Waals surface area contributed by atoms with Crippen molar-refractivity contribution < 1.29 is 14.7 Å². The highest BCUT2D eigenvalue weighted by atomic mass is 16.4. The predicted molar refractivity (Wildman–Crippen MR) is 102 cm³/mol. The largest absolute Gasteiger partial charge is 0.481 e. The minimum absolute atomic E-state index is 0.0114. The van der Waals surface area contributed by atoms with Gasteiger partial charge < -0.3 is 10.4 Å². The average Bonchev–Trinajstić information content (AvgIpc) is 2.67. The Bertz CT molecular complexity index is 871. The first kappa shape index (κ1) is 19.1. The molecule has 3 N–H and O–H groups in total. The van der Waals surface area contributed by atoms with Crippen LogP contribution in [0.2, 0.25) is 0 Å². The van der Waals surface area contributed by atoms with Crippen LogP contribution >= 0.6 is 0 Å². The van der Waals surface area contributed by atoms with E-state index in [0.717, 1.165) is 19.3 Å². The molecule has 144 valence electrons. The first-order chi connectivity index (χ1) is 13.0. The molecule has 0 bridgehead atoms. The van der Waals surface area contributed by atoms with E-state index >= 15 is 0 Å². The van der Waals surface area contributed by atoms with Crippen molar-refractivity contribution in [1.82, 2.24) is 15.5 Å². The van der Waals surface area contributed by atoms with Crippen molar-refractivity contribution in [3.05, 3.63) is 40.3 Å². The molecule has 2 aromatic rings. The second kappa shape index (κ2) is 8.79. The van der Waals surface area contributed by atoms with Crippen LogP contribution in [0.5, 0.6) is 0 Å². The number of carbonyl (C=O) groups excluding carboxylic acids is 1. The predicted octanol–water partition coefficient (Wildman–Crippen LogP) is 2.86. The van der Waals surface area contributed by atoms with Gasteiger partial charge in [-0.3, -0.25) is 14.4 Å². The van der Waals surface area contributed by atoms with E-state index in [1.165, 1.54) is 19.3 Å². The van der Waals surface area contributed by atoms with Crippen LogP contribution in [0.1, 0.15) is 61.9 Å². The van der Waals surface area contributed by atoms with E-state index in [9.17, 15) is 14.4 Å². The normalized spacial score (nSPS) is 16.1. The molecule has 1 saturated carbocycles. The number of nitrogens with zero attached hydrogens (tertiary/aromatic N) is 1. The second-order valence-corrected chi connectivity index (χ2v) is 7.29. The summed E-state index contributed by atoms with van der Waals surface area (Å²) in [6.45, 7) is 0. The summed E-state index contributed by atoms with van der Waals surface area (Å²) in [5.74, 6) is -0.739. The number of aromatic amines is 1. The number of rotatable bonds is 7. The summed E-state index contributed by atoms with van der Waals surface area (Å²) in [4.78, 5) is 35.7. The quantitative estimate of drug-likeness (QED) is 0.693. The number of hydrogen-bond donors (Lipinski definition) is 3. The van der Waals surface area contributed by atoms with Gasteiger partial charge in [-0.2, -0.15) is 5.10 Å². The molecule has 1 amide bonds. The number of fused-ring (bicyclic) bond motifs is 1. The van der Waals surface area contributed by atoms with Gasteiger partial charge in [0.15, 0.2) is 5.69 Å². The maximum Gasteiger partial charge on any atom is 0.303 e. The molecule has 1 heterocycles. The molecule has 1 unspecified atom stereocenters. The van der Waals surface area contributed by atoms with E-state index in [-0.39, 0.29) is 29.6 Å². The van der Waals surface area contributed by atoms with E-state index < -0.39 is 5.97 Å². The summed E-state index contributed by atoms with van der Waals surface area (Å²) in [5.41, 5.74) is -0.180. The lowest BCUT2D eigenvalue weighted by Crippen LogP contribution is -2.38. The second-order valence-electron chi connectivity index (χ2n) is 7.29. The van der Waals surface area contributed by atoms with Crippen molar-refractivity contribution in [2.24, 2.45) is 5.92 Å². The first-order valence-corrected chi connectivity index (χ1v) is 9.54. The number of carboxylic acid groups (broad SMARTS) is 1. The summed E-state index contributed by atoms with van der Waals surface area (Å²) in [6, 6.07) is 6.61. The number of aromatic nitrogens is 2. The van der Waals surface area contributed by atoms with Gasteiger partial charge in [-0.25, -0.2) is 5.10 Å². The Morgan fingerprint density at radius 3 is 2.59 bits per heavy atom. The molecule has 1 aliphatic rings. The molecule has 0 aliphatic heterocycles. The Labute approximate surface area is 157 Å². The minimum Gasteiger partial charge on any atom is -0.481 e. The van der Waals surface area contributed by atoms with Crippen LogP contribution in [-0.4, -0.2) is 33.2 Å². The number of benzene rings is 1. The Kier molecular flexibility index (Phi) is 6.21. The fraction of sp³-hybridized carbons (Fsp3) is 0.500. The van der Waals surface area contributed by atoms with Crippen molar-refractivity contribution in [3.8, 4) is 0 Å². The molecular weight excluding hydrogens is 346 g/mol. The van der Waals surface area contributed by atoms with Crippen LogP contribution in [-0.2, 0) is 4.79 Å². The number of amides is 1. The number of carboxylic acids is 1. The van der Waals surface area contributed by atoms with E-state index in [2.05, 4.69) is 15.5 Å². The van der Waals surface area contributed by atoms with Gasteiger partial charge >= 0.3 is 5.97 Å². The fourth-order valence-corrected chi connectivity index (χ4v) is 3.91. The van der Waals surface area contributed by atoms with Gasteiger partial charge in [-0.05, 0) is 24.8 Å². The van der Waals surface area contributed by atoms with Crippen molar-refractivity contribution in [1.29, 1.82) is 0 Å². The number of nitrogens with one attached hydrogen (secondary N) is 2. The molecule has 1 aromatic heterocycles. The minimum atomic E-state index is -0.870. The number of hydrogen-bond acceptors (Lipinski definition) is 4. The van der Waals surface area contributed by atoms with E-state index in [1.807, 2.05) is 0 Å². The van der Waals surface area contributed by atoms with Gasteiger partial charge in [0.25, 0.3) is 11.5 Å². The molecule has 27 heavy (non-hydrogen) atoms. The standard InChI is InChI=1S/C20H25N3O4/c24-17(25)11-10-14(12-13-6-2-1-3-7-13)21-20(27)18-15-8-4-5-9-16(15)19(26)23-22-18/h4-5,8-9,13-14H,1-3,6-7,10-12H2,(H,21,27)(H,23,26)(H,24,25). The average molecular weight is 371 g/mol. The molecule has 7 nitrogen and oxygen atoms in total. The molecule has 3 rings (SSSR count). The highest BCUT2D eigenvalue weighted by Gasteiger charge is 2.23. The zero-order valence-electron chi connectivity index (χ0n) is 15.2. The summed E-state index contributed by atoms with van der Waals surface area (Å²) in [6.07, 6.45) is 7.05. The summed E-state index contributed by atoms with van der Waals surface area (Å²) >= 11 is 0. The molecule has 0 radical (unpaired) electrons. The molecule has 1 atom stereocenters. The Morgan fingerprint density at radius 2 is 1.89 bits per heavy atom. The number of aliphatic carboxylic acids is 1. The molecule has 0 spiro atoms. The number of carbonyl (C=O) groups is 2. The molecule has 1 fully saturated rings. The van der Waals surface area contributed by atoms with Crippen molar-refractivity contribution in [2.75, 3.05) is 0 Å². The van der Waals surface area contributed by atoms with Gasteiger partial charge in [0.2, 0.25) is 0 Å². The maximum absolute atomic E-state index is 12.8. The topological polar surface area (TPSA) is 112 Å². The van der Waals surface area contributed by atoms with Gasteiger partial charge in [0, 0.05) is 17.8 Å². The number of H-pyrrole nitrogens is 1. The summed E-state index contributed by atoms with van der Waals surface area (Å²) < 4.78 is 0. The molecule has 7 heteroatoms. The third-order valence-corrected chi connectivity index (χ3v) is 5.30. The summed E-state index contributed by atoms with van der Waals surface area (Å²) in [7, 11) is 0.